The van der Waals surface area contributed by atoms with Crippen molar-refractivity contribution in [3.63, 3.8) is 0 Å². The molecule has 2 unspecified atom stereocenters. The predicted molar refractivity (Wildman–Crippen MR) is 59.8 cm³/mol. The van der Waals surface area contributed by atoms with Crippen molar-refractivity contribution in [2.45, 2.75) is 31.6 Å². The third-order valence-corrected chi connectivity index (χ3v) is 3.36. The van der Waals surface area contributed by atoms with Crippen molar-refractivity contribution in [3.05, 3.63) is 34.9 Å². The largest absolute Gasteiger partial charge is 0.122 e. The maximum atomic E-state index is 6.16. The Labute approximate surface area is 89.9 Å². The number of alkyl halides is 1. The lowest BCUT2D eigenvalue weighted by atomic mass is 9.96. The van der Waals surface area contributed by atoms with E-state index < -0.39 is 0 Å². The van der Waals surface area contributed by atoms with Gasteiger partial charge in [-0.1, -0.05) is 43.6 Å². The van der Waals surface area contributed by atoms with Crippen molar-refractivity contribution >= 4 is 23.2 Å². The molecule has 0 N–H and O–H groups in total. The van der Waals surface area contributed by atoms with E-state index in [1.54, 1.807) is 0 Å². The Balaban J connectivity index is 2.88. The fourth-order valence-corrected chi connectivity index (χ4v) is 1.84. The van der Waals surface area contributed by atoms with E-state index in [1.165, 1.54) is 0 Å². The maximum Gasteiger partial charge on any atom is 0.0441 e. The molecule has 0 aromatic heterocycles. The molecular weight excluding hydrogens is 203 g/mol. The van der Waals surface area contributed by atoms with E-state index in [1.807, 2.05) is 24.3 Å². The van der Waals surface area contributed by atoms with Gasteiger partial charge in [0, 0.05) is 10.4 Å². The SMILES string of the molecule is CCC(Cl)C(C)c1ccccc1Cl. The molecule has 0 saturated carbocycles. The lowest BCUT2D eigenvalue weighted by Crippen LogP contribution is -2.08. The van der Waals surface area contributed by atoms with Crippen LogP contribution < -0.4 is 0 Å². The summed E-state index contributed by atoms with van der Waals surface area (Å²) in [4.78, 5) is 0. The Morgan fingerprint density at radius 2 is 1.92 bits per heavy atom. The summed E-state index contributed by atoms with van der Waals surface area (Å²) in [5.74, 6) is 0.320. The van der Waals surface area contributed by atoms with Crippen molar-refractivity contribution in [2.75, 3.05) is 0 Å². The first-order valence-electron chi connectivity index (χ1n) is 4.55. The maximum absolute atomic E-state index is 6.16. The summed E-state index contributed by atoms with van der Waals surface area (Å²) in [6.45, 7) is 4.20. The standard InChI is InChI=1S/C11H14Cl2/c1-3-10(12)8(2)9-6-4-5-7-11(9)13/h4-8,10H,3H2,1-2H3. The first-order chi connectivity index (χ1) is 6.16. The first kappa shape index (κ1) is 10.9. The molecule has 0 heterocycles. The molecule has 0 spiro atoms. The van der Waals surface area contributed by atoms with Crippen LogP contribution in [0.2, 0.25) is 5.02 Å². The summed E-state index contributed by atoms with van der Waals surface area (Å²) >= 11 is 12.2. The van der Waals surface area contributed by atoms with Gasteiger partial charge in [0.05, 0.1) is 0 Å². The third kappa shape index (κ3) is 2.62. The van der Waals surface area contributed by atoms with Crippen molar-refractivity contribution in [1.82, 2.24) is 0 Å². The molecule has 0 aliphatic heterocycles. The summed E-state index contributed by atoms with van der Waals surface area (Å²) in [7, 11) is 0. The number of benzene rings is 1. The zero-order chi connectivity index (χ0) is 9.84. The normalized spacial score (nSPS) is 15.4. The molecule has 1 aromatic rings. The Kier molecular flexibility index (Phi) is 4.08. The van der Waals surface area contributed by atoms with E-state index in [0.29, 0.717) is 5.92 Å². The van der Waals surface area contributed by atoms with E-state index in [4.69, 9.17) is 23.2 Å². The van der Waals surface area contributed by atoms with Gasteiger partial charge in [-0.2, -0.15) is 0 Å². The van der Waals surface area contributed by atoms with Gasteiger partial charge in [0.25, 0.3) is 0 Å². The van der Waals surface area contributed by atoms with Crippen LogP contribution in [0.25, 0.3) is 0 Å². The molecule has 13 heavy (non-hydrogen) atoms. The lowest BCUT2D eigenvalue weighted by Gasteiger charge is -2.17. The lowest BCUT2D eigenvalue weighted by molar-refractivity contribution is 0.675. The molecule has 0 nitrogen and oxygen atoms in total. The van der Waals surface area contributed by atoms with Crippen LogP contribution >= 0.6 is 23.2 Å². The fraction of sp³-hybridized carbons (Fsp3) is 0.455. The highest BCUT2D eigenvalue weighted by Crippen LogP contribution is 2.30. The van der Waals surface area contributed by atoms with E-state index in [9.17, 15) is 0 Å². The summed E-state index contributed by atoms with van der Waals surface area (Å²) in [5.41, 5.74) is 1.14. The fourth-order valence-electron chi connectivity index (χ4n) is 1.39. The number of hydrogen-bond donors (Lipinski definition) is 0. The molecule has 0 saturated heterocycles. The smallest absolute Gasteiger partial charge is 0.0441 e. The van der Waals surface area contributed by atoms with Gasteiger partial charge in [0.1, 0.15) is 0 Å². The van der Waals surface area contributed by atoms with Gasteiger partial charge in [-0.3, -0.25) is 0 Å². The van der Waals surface area contributed by atoms with Gasteiger partial charge in [0.15, 0.2) is 0 Å². The van der Waals surface area contributed by atoms with Crippen LogP contribution in [0.4, 0.5) is 0 Å². The molecule has 0 aliphatic carbocycles. The Morgan fingerprint density at radius 1 is 1.31 bits per heavy atom. The van der Waals surface area contributed by atoms with Crippen molar-refractivity contribution < 1.29 is 0 Å². The molecule has 2 atom stereocenters. The van der Waals surface area contributed by atoms with E-state index in [-0.39, 0.29) is 5.38 Å². The highest BCUT2D eigenvalue weighted by molar-refractivity contribution is 6.31. The van der Waals surface area contributed by atoms with E-state index >= 15 is 0 Å². The average molecular weight is 217 g/mol. The minimum atomic E-state index is 0.167. The number of hydrogen-bond acceptors (Lipinski definition) is 0. The molecular formula is C11H14Cl2. The summed E-state index contributed by atoms with van der Waals surface area (Å²) in [5, 5.41) is 0.981. The van der Waals surface area contributed by atoms with Gasteiger partial charge in [0.2, 0.25) is 0 Å². The molecule has 1 rings (SSSR count). The van der Waals surface area contributed by atoms with Crippen LogP contribution in [0.3, 0.4) is 0 Å². The Morgan fingerprint density at radius 3 is 2.46 bits per heavy atom. The van der Waals surface area contributed by atoms with Gasteiger partial charge < -0.3 is 0 Å². The van der Waals surface area contributed by atoms with E-state index in [2.05, 4.69) is 13.8 Å². The molecule has 2 heteroatoms. The van der Waals surface area contributed by atoms with E-state index in [0.717, 1.165) is 17.0 Å². The second-order valence-electron chi connectivity index (χ2n) is 3.23. The first-order valence-corrected chi connectivity index (χ1v) is 5.36. The summed E-state index contributed by atoms with van der Waals surface area (Å²) in [6, 6.07) is 7.88. The summed E-state index contributed by atoms with van der Waals surface area (Å²) < 4.78 is 0. The van der Waals surface area contributed by atoms with Gasteiger partial charge in [-0.05, 0) is 24.0 Å². The highest BCUT2D eigenvalue weighted by atomic mass is 35.5. The van der Waals surface area contributed by atoms with Crippen LogP contribution in [-0.4, -0.2) is 5.38 Å². The van der Waals surface area contributed by atoms with Crippen LogP contribution in [0.15, 0.2) is 24.3 Å². The van der Waals surface area contributed by atoms with Crippen LogP contribution in [0, 0.1) is 0 Å². The monoisotopic (exact) mass is 216 g/mol. The molecule has 0 bridgehead atoms. The second-order valence-corrected chi connectivity index (χ2v) is 4.20. The molecule has 0 radical (unpaired) electrons. The zero-order valence-corrected chi connectivity index (χ0v) is 9.44. The molecule has 1 aromatic carbocycles. The van der Waals surface area contributed by atoms with Crippen molar-refractivity contribution in [3.8, 4) is 0 Å². The van der Waals surface area contributed by atoms with Crippen molar-refractivity contribution in [2.24, 2.45) is 0 Å². The van der Waals surface area contributed by atoms with Gasteiger partial charge in [-0.15, -0.1) is 11.6 Å². The van der Waals surface area contributed by atoms with Gasteiger partial charge >= 0.3 is 0 Å². The van der Waals surface area contributed by atoms with Crippen LogP contribution in [0.5, 0.6) is 0 Å². The van der Waals surface area contributed by atoms with Crippen LogP contribution in [-0.2, 0) is 0 Å². The minimum absolute atomic E-state index is 0.167. The van der Waals surface area contributed by atoms with Gasteiger partial charge in [-0.25, -0.2) is 0 Å². The minimum Gasteiger partial charge on any atom is -0.122 e. The van der Waals surface area contributed by atoms with Crippen LogP contribution in [0.1, 0.15) is 31.7 Å². The Hall–Kier alpha value is -0.200. The molecule has 0 fully saturated rings. The zero-order valence-electron chi connectivity index (χ0n) is 7.93. The Bertz CT molecular complexity index is 271. The third-order valence-electron chi connectivity index (χ3n) is 2.33. The number of halogens is 2. The quantitative estimate of drug-likeness (QED) is 0.655. The highest BCUT2D eigenvalue weighted by Gasteiger charge is 2.16. The molecule has 0 amide bonds. The molecule has 72 valence electrons. The van der Waals surface area contributed by atoms with Crippen molar-refractivity contribution in [1.29, 1.82) is 0 Å². The predicted octanol–water partition coefficient (Wildman–Crippen LogP) is 4.46. The topological polar surface area (TPSA) is 0 Å². The number of rotatable bonds is 3. The summed E-state index contributed by atoms with van der Waals surface area (Å²) in [6.07, 6.45) is 0.966. The average Bonchev–Trinajstić information content (AvgIpc) is 2.16. The molecule has 0 aliphatic rings. The second kappa shape index (κ2) is 4.88.